The Morgan fingerprint density at radius 2 is 2.36 bits per heavy atom. The van der Waals surface area contributed by atoms with Crippen molar-refractivity contribution in [2.24, 2.45) is 0 Å². The molecule has 1 aromatic rings. The highest BCUT2D eigenvalue weighted by Crippen LogP contribution is 2.21. The molecule has 5 heteroatoms. The van der Waals surface area contributed by atoms with Crippen molar-refractivity contribution in [1.82, 2.24) is 10.6 Å². The molecular formula is C9H11ClN2O2. The van der Waals surface area contributed by atoms with Crippen LogP contribution < -0.4 is 10.6 Å². The lowest BCUT2D eigenvalue weighted by Crippen LogP contribution is -2.52. The largest absolute Gasteiger partial charge is 0.447 e. The smallest absolute Gasteiger partial charge is 0.245 e. The molecule has 1 fully saturated rings. The number of carbonyl (C=O) groups is 1. The fraction of sp³-hybridized carbons (Fsp3) is 0.444. The van der Waals surface area contributed by atoms with Crippen molar-refractivity contribution >= 4 is 17.5 Å². The number of hydrogen-bond donors (Lipinski definition) is 2. The number of furan rings is 1. The number of carbonyl (C=O) groups excluding carboxylic acids is 1. The summed E-state index contributed by atoms with van der Waals surface area (Å²) in [6, 6.07) is 3.07. The molecule has 2 N–H and O–H groups in total. The van der Waals surface area contributed by atoms with Crippen LogP contribution in [0.1, 0.15) is 18.7 Å². The zero-order valence-corrected chi connectivity index (χ0v) is 8.47. The van der Waals surface area contributed by atoms with Crippen molar-refractivity contribution in [2.75, 3.05) is 6.54 Å². The van der Waals surface area contributed by atoms with Crippen molar-refractivity contribution in [1.29, 1.82) is 0 Å². The highest BCUT2D eigenvalue weighted by atomic mass is 35.5. The molecule has 1 saturated heterocycles. The van der Waals surface area contributed by atoms with Gasteiger partial charge in [0.2, 0.25) is 5.91 Å². The zero-order valence-electron chi connectivity index (χ0n) is 7.71. The van der Waals surface area contributed by atoms with Crippen molar-refractivity contribution in [3.63, 3.8) is 0 Å². The van der Waals surface area contributed by atoms with Gasteiger partial charge >= 0.3 is 0 Å². The molecule has 76 valence electrons. The lowest BCUT2D eigenvalue weighted by Gasteiger charge is -2.26. The third-order valence-corrected chi connectivity index (χ3v) is 2.36. The van der Waals surface area contributed by atoms with Gasteiger partial charge in [-0.1, -0.05) is 0 Å². The molecule has 2 unspecified atom stereocenters. The molecule has 0 aliphatic carbocycles. The van der Waals surface area contributed by atoms with Gasteiger partial charge in [-0.25, -0.2) is 0 Å². The summed E-state index contributed by atoms with van der Waals surface area (Å²) < 4.78 is 5.17. The van der Waals surface area contributed by atoms with Gasteiger partial charge < -0.3 is 9.73 Å². The van der Waals surface area contributed by atoms with E-state index in [9.17, 15) is 4.79 Å². The monoisotopic (exact) mass is 214 g/mol. The molecule has 0 bridgehead atoms. The summed E-state index contributed by atoms with van der Waals surface area (Å²) in [6.45, 7) is 2.67. The summed E-state index contributed by atoms with van der Waals surface area (Å²) >= 11 is 5.63. The molecule has 0 spiro atoms. The Kier molecular flexibility index (Phi) is 2.48. The molecule has 2 atom stereocenters. The number of rotatable bonds is 1. The second-order valence-electron chi connectivity index (χ2n) is 3.39. The Morgan fingerprint density at radius 1 is 1.57 bits per heavy atom. The Balaban J connectivity index is 2.15. The molecule has 14 heavy (non-hydrogen) atoms. The van der Waals surface area contributed by atoms with Crippen LogP contribution in [-0.4, -0.2) is 18.5 Å². The predicted molar refractivity (Wildman–Crippen MR) is 52.1 cm³/mol. The summed E-state index contributed by atoms with van der Waals surface area (Å²) in [4.78, 5) is 11.5. The molecule has 2 rings (SSSR count). The molecule has 0 saturated carbocycles. The maximum absolute atomic E-state index is 11.5. The van der Waals surface area contributed by atoms with Gasteiger partial charge in [-0.3, -0.25) is 10.1 Å². The third kappa shape index (κ3) is 1.76. The molecule has 0 radical (unpaired) electrons. The summed E-state index contributed by atoms with van der Waals surface area (Å²) in [6.07, 6.45) is 0. The van der Waals surface area contributed by atoms with Gasteiger partial charge in [0.1, 0.15) is 11.8 Å². The second kappa shape index (κ2) is 3.63. The first-order valence-electron chi connectivity index (χ1n) is 4.46. The predicted octanol–water partition coefficient (Wildman–Crippen LogP) is 1.08. The van der Waals surface area contributed by atoms with Gasteiger partial charge in [-0.05, 0) is 30.7 Å². The Morgan fingerprint density at radius 3 is 2.93 bits per heavy atom. The fourth-order valence-electron chi connectivity index (χ4n) is 1.48. The van der Waals surface area contributed by atoms with Crippen molar-refractivity contribution in [3.05, 3.63) is 23.1 Å². The van der Waals surface area contributed by atoms with Crippen LogP contribution in [0.15, 0.2) is 16.5 Å². The molecule has 1 amide bonds. The highest BCUT2D eigenvalue weighted by molar-refractivity contribution is 6.28. The first kappa shape index (κ1) is 9.55. The van der Waals surface area contributed by atoms with Crippen LogP contribution in [-0.2, 0) is 4.79 Å². The summed E-state index contributed by atoms with van der Waals surface area (Å²) in [7, 11) is 0. The Bertz CT molecular complexity index is 350. The van der Waals surface area contributed by atoms with Crippen molar-refractivity contribution < 1.29 is 9.21 Å². The van der Waals surface area contributed by atoms with E-state index in [1.54, 1.807) is 12.1 Å². The van der Waals surface area contributed by atoms with Gasteiger partial charge in [0.15, 0.2) is 5.22 Å². The zero-order chi connectivity index (χ0) is 10.1. The van der Waals surface area contributed by atoms with Crippen LogP contribution in [0.4, 0.5) is 0 Å². The van der Waals surface area contributed by atoms with E-state index in [-0.39, 0.29) is 11.9 Å². The molecular weight excluding hydrogens is 204 g/mol. The SMILES string of the molecule is CC1CNC(c2ccc(Cl)o2)C(=O)N1. The van der Waals surface area contributed by atoms with E-state index < -0.39 is 6.04 Å². The van der Waals surface area contributed by atoms with Gasteiger partial charge in [-0.2, -0.15) is 0 Å². The minimum absolute atomic E-state index is 0.0743. The quantitative estimate of drug-likeness (QED) is 0.736. The second-order valence-corrected chi connectivity index (χ2v) is 3.77. The van der Waals surface area contributed by atoms with Gasteiger partial charge in [0, 0.05) is 12.6 Å². The Hall–Kier alpha value is -1.00. The first-order chi connectivity index (χ1) is 6.66. The molecule has 2 heterocycles. The van der Waals surface area contributed by atoms with Gasteiger partial charge in [0.25, 0.3) is 0 Å². The number of piperazine rings is 1. The van der Waals surface area contributed by atoms with Crippen molar-refractivity contribution in [2.45, 2.75) is 19.0 Å². The van der Waals surface area contributed by atoms with Crippen LogP contribution in [0.25, 0.3) is 0 Å². The maximum Gasteiger partial charge on any atom is 0.245 e. The molecule has 4 nitrogen and oxygen atoms in total. The average Bonchev–Trinajstić information content (AvgIpc) is 2.51. The van der Waals surface area contributed by atoms with Crippen molar-refractivity contribution in [3.8, 4) is 0 Å². The molecule has 1 aliphatic heterocycles. The summed E-state index contributed by atoms with van der Waals surface area (Å²) in [5, 5.41) is 6.22. The van der Waals surface area contributed by atoms with Crippen LogP contribution in [0, 0.1) is 0 Å². The van der Waals surface area contributed by atoms with E-state index >= 15 is 0 Å². The standard InChI is InChI=1S/C9H11ClN2O2/c1-5-4-11-8(9(13)12-5)6-2-3-7(10)14-6/h2-3,5,8,11H,4H2,1H3,(H,12,13). The van der Waals surface area contributed by atoms with E-state index in [4.69, 9.17) is 16.0 Å². The van der Waals surface area contributed by atoms with Gasteiger partial charge in [-0.15, -0.1) is 0 Å². The lowest BCUT2D eigenvalue weighted by molar-refractivity contribution is -0.125. The van der Waals surface area contributed by atoms with Crippen LogP contribution >= 0.6 is 11.6 Å². The van der Waals surface area contributed by atoms with Gasteiger partial charge in [0.05, 0.1) is 0 Å². The summed E-state index contributed by atoms with van der Waals surface area (Å²) in [5.74, 6) is 0.481. The first-order valence-corrected chi connectivity index (χ1v) is 4.83. The maximum atomic E-state index is 11.5. The van der Waals surface area contributed by atoms with E-state index in [2.05, 4.69) is 10.6 Å². The fourth-order valence-corrected chi connectivity index (χ4v) is 1.63. The third-order valence-electron chi connectivity index (χ3n) is 2.16. The average molecular weight is 215 g/mol. The van der Waals surface area contributed by atoms with Crippen LogP contribution in [0.2, 0.25) is 5.22 Å². The number of hydrogen-bond acceptors (Lipinski definition) is 3. The number of amides is 1. The minimum Gasteiger partial charge on any atom is -0.447 e. The minimum atomic E-state index is -0.418. The highest BCUT2D eigenvalue weighted by Gasteiger charge is 2.28. The Labute approximate surface area is 86.6 Å². The van der Waals surface area contributed by atoms with Crippen LogP contribution in [0.3, 0.4) is 0 Å². The topological polar surface area (TPSA) is 54.3 Å². The number of halogens is 1. The van der Waals surface area contributed by atoms with E-state index in [1.165, 1.54) is 0 Å². The molecule has 1 aliphatic rings. The summed E-state index contributed by atoms with van der Waals surface area (Å²) in [5.41, 5.74) is 0. The van der Waals surface area contributed by atoms with E-state index in [0.29, 0.717) is 11.0 Å². The van der Waals surface area contributed by atoms with E-state index in [0.717, 1.165) is 6.54 Å². The molecule has 0 aromatic carbocycles. The normalized spacial score (nSPS) is 27.4. The lowest BCUT2D eigenvalue weighted by atomic mass is 10.1. The van der Waals surface area contributed by atoms with Crippen LogP contribution in [0.5, 0.6) is 0 Å². The van der Waals surface area contributed by atoms with E-state index in [1.807, 2.05) is 6.92 Å². The molecule has 1 aromatic heterocycles. The number of nitrogens with one attached hydrogen (secondary N) is 2.